The summed E-state index contributed by atoms with van der Waals surface area (Å²) in [5.41, 5.74) is 0. The molecule has 0 aliphatic heterocycles. The number of hydrogen-bond acceptors (Lipinski definition) is 4. The SMILES string of the molecule is CCOC(=O)C/C=C/C(=O)OC. The van der Waals surface area contributed by atoms with Crippen LogP contribution in [-0.4, -0.2) is 25.7 Å². The molecule has 0 saturated carbocycles. The summed E-state index contributed by atoms with van der Waals surface area (Å²) < 4.78 is 8.93. The standard InChI is InChI=1S/C8H12O4/c1-3-12-8(10)6-4-5-7(9)11-2/h4-5H,3,6H2,1-2H3/b5-4+. The summed E-state index contributed by atoms with van der Waals surface area (Å²) >= 11 is 0. The molecule has 12 heavy (non-hydrogen) atoms. The maximum Gasteiger partial charge on any atom is 0.330 e. The third-order valence-electron chi connectivity index (χ3n) is 1.04. The van der Waals surface area contributed by atoms with Gasteiger partial charge in [0.1, 0.15) is 0 Å². The molecule has 0 heterocycles. The highest BCUT2D eigenvalue weighted by Crippen LogP contribution is 1.89. The molecule has 0 fully saturated rings. The van der Waals surface area contributed by atoms with Crippen molar-refractivity contribution in [2.45, 2.75) is 13.3 Å². The third-order valence-corrected chi connectivity index (χ3v) is 1.04. The van der Waals surface area contributed by atoms with E-state index < -0.39 is 5.97 Å². The largest absolute Gasteiger partial charge is 0.466 e. The normalized spacial score (nSPS) is 9.83. The lowest BCUT2D eigenvalue weighted by molar-refractivity contribution is -0.142. The second-order valence-electron chi connectivity index (χ2n) is 1.93. The van der Waals surface area contributed by atoms with E-state index in [9.17, 15) is 9.59 Å². The van der Waals surface area contributed by atoms with Crippen molar-refractivity contribution in [3.05, 3.63) is 12.2 Å². The fourth-order valence-electron chi connectivity index (χ4n) is 0.539. The molecular weight excluding hydrogens is 160 g/mol. The fraction of sp³-hybridized carbons (Fsp3) is 0.500. The average Bonchev–Trinajstić information content (AvgIpc) is 2.04. The van der Waals surface area contributed by atoms with Crippen LogP contribution in [0.25, 0.3) is 0 Å². The van der Waals surface area contributed by atoms with E-state index in [-0.39, 0.29) is 12.4 Å². The first-order chi connectivity index (χ1) is 5.70. The van der Waals surface area contributed by atoms with Crippen LogP contribution in [0.3, 0.4) is 0 Å². The lowest BCUT2D eigenvalue weighted by atomic mass is 10.4. The lowest BCUT2D eigenvalue weighted by Crippen LogP contribution is -2.02. The zero-order valence-electron chi connectivity index (χ0n) is 7.20. The van der Waals surface area contributed by atoms with Crippen molar-refractivity contribution < 1.29 is 19.1 Å². The summed E-state index contributed by atoms with van der Waals surface area (Å²) in [6.07, 6.45) is 2.70. The Labute approximate surface area is 71.2 Å². The van der Waals surface area contributed by atoms with Gasteiger partial charge < -0.3 is 9.47 Å². The van der Waals surface area contributed by atoms with Crippen molar-refractivity contribution >= 4 is 11.9 Å². The van der Waals surface area contributed by atoms with E-state index in [2.05, 4.69) is 9.47 Å². The van der Waals surface area contributed by atoms with Crippen LogP contribution in [0.4, 0.5) is 0 Å². The van der Waals surface area contributed by atoms with Gasteiger partial charge in [-0.1, -0.05) is 6.08 Å². The number of rotatable bonds is 4. The lowest BCUT2D eigenvalue weighted by Gasteiger charge is -1.96. The summed E-state index contributed by atoms with van der Waals surface area (Å²) in [5.74, 6) is -0.822. The molecule has 68 valence electrons. The van der Waals surface area contributed by atoms with Gasteiger partial charge in [0.2, 0.25) is 0 Å². The minimum atomic E-state index is -0.473. The molecule has 0 saturated heterocycles. The van der Waals surface area contributed by atoms with Crippen LogP contribution in [0.5, 0.6) is 0 Å². The van der Waals surface area contributed by atoms with Gasteiger partial charge in [0, 0.05) is 6.08 Å². The van der Waals surface area contributed by atoms with Crippen LogP contribution in [0.15, 0.2) is 12.2 Å². The Bertz CT molecular complexity index is 183. The van der Waals surface area contributed by atoms with Crippen LogP contribution < -0.4 is 0 Å². The van der Waals surface area contributed by atoms with Gasteiger partial charge in [-0.2, -0.15) is 0 Å². The summed E-state index contributed by atoms with van der Waals surface area (Å²) in [5, 5.41) is 0. The molecule has 0 aromatic rings. The molecule has 4 nitrogen and oxygen atoms in total. The van der Waals surface area contributed by atoms with Crippen molar-refractivity contribution in [2.75, 3.05) is 13.7 Å². The Morgan fingerprint density at radius 2 is 2.08 bits per heavy atom. The minimum absolute atomic E-state index is 0.100. The Balaban J connectivity index is 3.59. The predicted molar refractivity (Wildman–Crippen MR) is 42.4 cm³/mol. The Hall–Kier alpha value is -1.32. The quantitative estimate of drug-likeness (QED) is 0.462. The van der Waals surface area contributed by atoms with Crippen molar-refractivity contribution in [3.8, 4) is 0 Å². The first-order valence-corrected chi connectivity index (χ1v) is 3.60. The van der Waals surface area contributed by atoms with Gasteiger partial charge in [0.05, 0.1) is 20.1 Å². The molecule has 0 spiro atoms. The first-order valence-electron chi connectivity index (χ1n) is 3.60. The van der Waals surface area contributed by atoms with E-state index >= 15 is 0 Å². The van der Waals surface area contributed by atoms with Gasteiger partial charge in [-0.15, -0.1) is 0 Å². The van der Waals surface area contributed by atoms with Crippen LogP contribution in [0.1, 0.15) is 13.3 Å². The van der Waals surface area contributed by atoms with Crippen molar-refractivity contribution in [2.24, 2.45) is 0 Å². The monoisotopic (exact) mass is 172 g/mol. The summed E-state index contributed by atoms with van der Waals surface area (Å²) in [4.78, 5) is 21.2. The first kappa shape index (κ1) is 10.7. The van der Waals surface area contributed by atoms with Crippen molar-refractivity contribution in [3.63, 3.8) is 0 Å². The highest BCUT2D eigenvalue weighted by atomic mass is 16.5. The molecule has 0 aromatic heterocycles. The van der Waals surface area contributed by atoms with Crippen molar-refractivity contribution in [1.29, 1.82) is 0 Å². The van der Waals surface area contributed by atoms with E-state index in [0.29, 0.717) is 6.61 Å². The van der Waals surface area contributed by atoms with Gasteiger partial charge in [-0.25, -0.2) is 4.79 Å². The minimum Gasteiger partial charge on any atom is -0.466 e. The molecule has 0 unspecified atom stereocenters. The highest BCUT2D eigenvalue weighted by Gasteiger charge is 1.97. The number of ether oxygens (including phenoxy) is 2. The molecular formula is C8H12O4. The van der Waals surface area contributed by atoms with E-state index in [0.717, 1.165) is 0 Å². The van der Waals surface area contributed by atoms with Gasteiger partial charge >= 0.3 is 11.9 Å². The topological polar surface area (TPSA) is 52.6 Å². The zero-order valence-corrected chi connectivity index (χ0v) is 7.20. The van der Waals surface area contributed by atoms with E-state index in [4.69, 9.17) is 0 Å². The molecule has 0 bridgehead atoms. The second-order valence-corrected chi connectivity index (χ2v) is 1.93. The number of methoxy groups -OCH3 is 1. The predicted octanol–water partition coefficient (Wildman–Crippen LogP) is 0.669. The molecule has 0 radical (unpaired) electrons. The van der Waals surface area contributed by atoms with Crippen LogP contribution >= 0.6 is 0 Å². The van der Waals surface area contributed by atoms with Crippen molar-refractivity contribution in [1.82, 2.24) is 0 Å². The van der Waals surface area contributed by atoms with E-state index in [1.165, 1.54) is 19.3 Å². The summed E-state index contributed by atoms with van der Waals surface area (Å²) in [6, 6.07) is 0. The number of hydrogen-bond donors (Lipinski definition) is 0. The maximum atomic E-state index is 10.7. The number of carbonyl (C=O) groups is 2. The Kier molecular flexibility index (Phi) is 5.69. The molecule has 0 N–H and O–H groups in total. The van der Waals surface area contributed by atoms with Gasteiger partial charge in [0.15, 0.2) is 0 Å². The molecule has 0 aromatic carbocycles. The molecule has 0 rings (SSSR count). The number of carbonyl (C=O) groups excluding carboxylic acids is 2. The zero-order chi connectivity index (χ0) is 9.40. The smallest absolute Gasteiger partial charge is 0.330 e. The highest BCUT2D eigenvalue weighted by molar-refractivity contribution is 5.83. The Morgan fingerprint density at radius 1 is 1.42 bits per heavy atom. The molecule has 0 amide bonds. The van der Waals surface area contributed by atoms with Gasteiger partial charge in [-0.05, 0) is 6.92 Å². The van der Waals surface area contributed by atoms with Gasteiger partial charge in [0.25, 0.3) is 0 Å². The average molecular weight is 172 g/mol. The van der Waals surface area contributed by atoms with E-state index in [1.54, 1.807) is 6.92 Å². The summed E-state index contributed by atoms with van der Waals surface area (Å²) in [6.45, 7) is 2.08. The maximum absolute atomic E-state index is 10.7. The fourth-order valence-corrected chi connectivity index (χ4v) is 0.539. The third kappa shape index (κ3) is 5.46. The molecule has 4 heteroatoms. The number of esters is 2. The molecule has 0 atom stereocenters. The van der Waals surface area contributed by atoms with Crippen LogP contribution in [-0.2, 0) is 19.1 Å². The van der Waals surface area contributed by atoms with Crippen LogP contribution in [0, 0.1) is 0 Å². The molecule has 0 aliphatic rings. The summed E-state index contributed by atoms with van der Waals surface area (Å²) in [7, 11) is 1.27. The van der Waals surface area contributed by atoms with E-state index in [1.807, 2.05) is 0 Å². The van der Waals surface area contributed by atoms with Gasteiger partial charge in [-0.3, -0.25) is 4.79 Å². The molecule has 0 aliphatic carbocycles. The second kappa shape index (κ2) is 6.39. The van der Waals surface area contributed by atoms with Crippen LogP contribution in [0.2, 0.25) is 0 Å². The Morgan fingerprint density at radius 3 is 2.58 bits per heavy atom.